The largest absolute Gasteiger partial charge is 0.388 e. The van der Waals surface area contributed by atoms with Crippen LogP contribution in [0, 0.1) is 5.92 Å². The Labute approximate surface area is 115 Å². The molecule has 0 radical (unpaired) electrons. The van der Waals surface area contributed by atoms with Crippen LogP contribution in [0.1, 0.15) is 43.1 Å². The van der Waals surface area contributed by atoms with Gasteiger partial charge in [-0.25, -0.2) is 0 Å². The van der Waals surface area contributed by atoms with Crippen molar-refractivity contribution in [2.24, 2.45) is 5.92 Å². The van der Waals surface area contributed by atoms with E-state index in [9.17, 15) is 5.11 Å². The summed E-state index contributed by atoms with van der Waals surface area (Å²) in [5.41, 5.74) is 3.62. The summed E-state index contributed by atoms with van der Waals surface area (Å²) in [7, 11) is 0. The first-order valence-electron chi connectivity index (χ1n) is 6.96. The molecule has 100 valence electrons. The predicted octanol–water partition coefficient (Wildman–Crippen LogP) is 4.36. The summed E-state index contributed by atoms with van der Waals surface area (Å²) in [6.45, 7) is 4.26. The van der Waals surface area contributed by atoms with Crippen molar-refractivity contribution in [3.05, 3.63) is 71.3 Å². The Kier molecular flexibility index (Phi) is 4.75. The van der Waals surface area contributed by atoms with Gasteiger partial charge in [-0.3, -0.25) is 0 Å². The third-order valence-corrected chi connectivity index (χ3v) is 3.31. The highest BCUT2D eigenvalue weighted by Gasteiger charge is 2.09. The van der Waals surface area contributed by atoms with Crippen LogP contribution in [-0.2, 0) is 6.42 Å². The lowest BCUT2D eigenvalue weighted by molar-refractivity contribution is 0.151. The fourth-order valence-electron chi connectivity index (χ4n) is 2.27. The lowest BCUT2D eigenvalue weighted by atomic mass is 9.97. The van der Waals surface area contributed by atoms with Crippen LogP contribution in [0.25, 0.3) is 0 Å². The first-order chi connectivity index (χ1) is 9.15. The molecule has 0 heterocycles. The fraction of sp³-hybridized carbons (Fsp3) is 0.333. The van der Waals surface area contributed by atoms with E-state index in [0.29, 0.717) is 5.92 Å². The molecule has 0 aliphatic rings. The Bertz CT molecular complexity index is 485. The molecule has 2 aromatic rings. The van der Waals surface area contributed by atoms with Crippen LogP contribution in [0.4, 0.5) is 0 Å². The second kappa shape index (κ2) is 6.53. The lowest BCUT2D eigenvalue weighted by Crippen LogP contribution is -2.02. The minimum absolute atomic E-state index is 0.342. The summed E-state index contributed by atoms with van der Waals surface area (Å²) < 4.78 is 0. The zero-order valence-electron chi connectivity index (χ0n) is 11.7. The van der Waals surface area contributed by atoms with Crippen LogP contribution in [-0.4, -0.2) is 5.11 Å². The summed E-state index contributed by atoms with van der Waals surface area (Å²) in [4.78, 5) is 0. The molecule has 1 atom stereocenters. The molecule has 1 heteroatoms. The smallest absolute Gasteiger partial charge is 0.0792 e. The maximum atomic E-state index is 10.1. The molecule has 0 aliphatic heterocycles. The Morgan fingerprint density at radius 1 is 0.842 bits per heavy atom. The second-order valence-electron chi connectivity index (χ2n) is 5.55. The topological polar surface area (TPSA) is 20.2 Å². The molecule has 2 rings (SSSR count). The van der Waals surface area contributed by atoms with Crippen LogP contribution in [0.2, 0.25) is 0 Å². The van der Waals surface area contributed by atoms with Crippen molar-refractivity contribution in [2.45, 2.75) is 32.8 Å². The van der Waals surface area contributed by atoms with Gasteiger partial charge in [-0.05, 0) is 35.4 Å². The second-order valence-corrected chi connectivity index (χ2v) is 5.55. The van der Waals surface area contributed by atoms with E-state index in [4.69, 9.17) is 0 Å². The van der Waals surface area contributed by atoms with Crippen LogP contribution < -0.4 is 0 Å². The van der Waals surface area contributed by atoms with Gasteiger partial charge in [0.05, 0.1) is 6.10 Å². The number of hydrogen-bond acceptors (Lipinski definition) is 1. The molecule has 1 unspecified atom stereocenters. The summed E-state index contributed by atoms with van der Waals surface area (Å²) in [5.74, 6) is 0.513. The van der Waals surface area contributed by atoms with Gasteiger partial charge in [-0.2, -0.15) is 0 Å². The molecule has 0 aliphatic carbocycles. The van der Waals surface area contributed by atoms with E-state index in [0.717, 1.165) is 18.4 Å². The fourth-order valence-corrected chi connectivity index (χ4v) is 2.27. The molecular weight excluding hydrogens is 232 g/mol. The van der Waals surface area contributed by atoms with Gasteiger partial charge in [0.1, 0.15) is 0 Å². The third-order valence-electron chi connectivity index (χ3n) is 3.31. The highest BCUT2D eigenvalue weighted by molar-refractivity contribution is 5.29. The number of rotatable bonds is 5. The van der Waals surface area contributed by atoms with Gasteiger partial charge in [0.15, 0.2) is 0 Å². The van der Waals surface area contributed by atoms with Gasteiger partial charge in [0.2, 0.25) is 0 Å². The van der Waals surface area contributed by atoms with Crippen molar-refractivity contribution in [3.63, 3.8) is 0 Å². The summed E-state index contributed by atoms with van der Waals surface area (Å²) in [5, 5.41) is 10.1. The molecule has 0 bridgehead atoms. The zero-order chi connectivity index (χ0) is 13.7. The van der Waals surface area contributed by atoms with Crippen LogP contribution in [0.15, 0.2) is 54.6 Å². The molecule has 0 saturated heterocycles. The van der Waals surface area contributed by atoms with Crippen molar-refractivity contribution in [1.82, 2.24) is 0 Å². The average molecular weight is 254 g/mol. The highest BCUT2D eigenvalue weighted by atomic mass is 16.3. The molecule has 0 amide bonds. The minimum Gasteiger partial charge on any atom is -0.388 e. The van der Waals surface area contributed by atoms with E-state index < -0.39 is 0 Å². The zero-order valence-corrected chi connectivity index (χ0v) is 11.7. The first-order valence-corrected chi connectivity index (χ1v) is 6.96. The van der Waals surface area contributed by atoms with E-state index in [-0.39, 0.29) is 6.10 Å². The van der Waals surface area contributed by atoms with E-state index in [1.807, 2.05) is 18.2 Å². The van der Waals surface area contributed by atoms with Crippen LogP contribution in [0.3, 0.4) is 0 Å². The summed E-state index contributed by atoms with van der Waals surface area (Å²) >= 11 is 0. The maximum Gasteiger partial charge on any atom is 0.0792 e. The van der Waals surface area contributed by atoms with Crippen molar-refractivity contribution < 1.29 is 5.11 Å². The number of aliphatic hydroxyl groups excluding tert-OH is 1. The number of hydrogen-bond donors (Lipinski definition) is 1. The monoisotopic (exact) mass is 254 g/mol. The molecule has 0 spiro atoms. The Morgan fingerprint density at radius 2 is 1.42 bits per heavy atom. The lowest BCUT2D eigenvalue weighted by Gasteiger charge is -2.13. The van der Waals surface area contributed by atoms with Gasteiger partial charge in [0, 0.05) is 0 Å². The summed E-state index contributed by atoms with van der Waals surface area (Å²) in [6.07, 6.45) is 1.42. The van der Waals surface area contributed by atoms with E-state index in [2.05, 4.69) is 50.2 Å². The molecule has 1 N–H and O–H groups in total. The normalized spacial score (nSPS) is 12.6. The molecule has 19 heavy (non-hydrogen) atoms. The SMILES string of the molecule is CC(C)CC(O)c1ccc(Cc2ccccc2)cc1. The van der Waals surface area contributed by atoms with Crippen LogP contribution >= 0.6 is 0 Å². The predicted molar refractivity (Wildman–Crippen MR) is 80.1 cm³/mol. The van der Waals surface area contributed by atoms with Gasteiger partial charge >= 0.3 is 0 Å². The van der Waals surface area contributed by atoms with Crippen LogP contribution in [0.5, 0.6) is 0 Å². The Balaban J connectivity index is 2.02. The van der Waals surface area contributed by atoms with Crippen molar-refractivity contribution >= 4 is 0 Å². The highest BCUT2D eigenvalue weighted by Crippen LogP contribution is 2.21. The van der Waals surface area contributed by atoms with Gasteiger partial charge in [-0.1, -0.05) is 68.4 Å². The van der Waals surface area contributed by atoms with E-state index in [1.54, 1.807) is 0 Å². The number of benzene rings is 2. The van der Waals surface area contributed by atoms with Crippen molar-refractivity contribution in [2.75, 3.05) is 0 Å². The number of aliphatic hydroxyl groups is 1. The van der Waals surface area contributed by atoms with Gasteiger partial charge in [-0.15, -0.1) is 0 Å². The standard InChI is InChI=1S/C18H22O/c1-14(2)12-18(19)17-10-8-16(9-11-17)13-15-6-4-3-5-7-15/h3-11,14,18-19H,12-13H2,1-2H3. The van der Waals surface area contributed by atoms with Gasteiger partial charge < -0.3 is 5.11 Å². The minimum atomic E-state index is -0.342. The Morgan fingerprint density at radius 3 is 2.00 bits per heavy atom. The van der Waals surface area contributed by atoms with E-state index in [1.165, 1.54) is 11.1 Å². The molecule has 0 saturated carbocycles. The molecule has 1 nitrogen and oxygen atoms in total. The molecule has 2 aromatic carbocycles. The van der Waals surface area contributed by atoms with Crippen molar-refractivity contribution in [1.29, 1.82) is 0 Å². The van der Waals surface area contributed by atoms with E-state index >= 15 is 0 Å². The molecular formula is C18H22O. The maximum absolute atomic E-state index is 10.1. The molecule has 0 aromatic heterocycles. The summed E-state index contributed by atoms with van der Waals surface area (Å²) in [6, 6.07) is 18.8. The van der Waals surface area contributed by atoms with Crippen molar-refractivity contribution in [3.8, 4) is 0 Å². The molecule has 0 fully saturated rings. The first kappa shape index (κ1) is 13.8. The quantitative estimate of drug-likeness (QED) is 0.840. The van der Waals surface area contributed by atoms with Gasteiger partial charge in [0.25, 0.3) is 0 Å². The Hall–Kier alpha value is -1.60. The average Bonchev–Trinajstić information content (AvgIpc) is 2.40. The third kappa shape index (κ3) is 4.22.